The molecule has 84 valence electrons. The average molecular weight is 220 g/mol. The summed E-state index contributed by atoms with van der Waals surface area (Å²) < 4.78 is 6.53. The number of nitrogen functional groups attached to an aromatic ring is 1. The number of nitrogens with one attached hydrogen (secondary N) is 1. The first-order chi connectivity index (χ1) is 7.68. The lowest BCUT2D eigenvalue weighted by Crippen LogP contribution is -2.23. The summed E-state index contributed by atoms with van der Waals surface area (Å²) in [6.07, 6.45) is 2.99. The van der Waals surface area contributed by atoms with Gasteiger partial charge in [-0.3, -0.25) is 9.48 Å². The first-order valence-electron chi connectivity index (χ1n) is 4.76. The average Bonchev–Trinajstić information content (AvgIpc) is 2.88. The number of nitrogens with two attached hydrogens (primary N) is 1. The van der Waals surface area contributed by atoms with Crippen molar-refractivity contribution >= 4 is 11.7 Å². The Morgan fingerprint density at radius 3 is 3.06 bits per heavy atom. The Morgan fingerprint density at radius 2 is 2.50 bits per heavy atom. The van der Waals surface area contributed by atoms with E-state index in [1.807, 2.05) is 0 Å². The molecule has 0 atom stereocenters. The number of aryl methyl sites for hydroxylation is 1. The fourth-order valence-corrected chi connectivity index (χ4v) is 1.30. The van der Waals surface area contributed by atoms with Crippen molar-refractivity contribution in [3.63, 3.8) is 0 Å². The minimum absolute atomic E-state index is 0.262. The smallest absolute Gasteiger partial charge is 0.257 e. The van der Waals surface area contributed by atoms with Crippen LogP contribution in [0.4, 0.5) is 5.82 Å². The highest BCUT2D eigenvalue weighted by atomic mass is 16.3. The number of aromatic nitrogens is 2. The van der Waals surface area contributed by atoms with Crippen LogP contribution in [0.25, 0.3) is 0 Å². The van der Waals surface area contributed by atoms with E-state index < -0.39 is 0 Å². The van der Waals surface area contributed by atoms with Crippen LogP contribution in [-0.2, 0) is 13.6 Å². The molecule has 0 aromatic carbocycles. The van der Waals surface area contributed by atoms with E-state index in [0.717, 1.165) is 0 Å². The number of anilines is 1. The number of rotatable bonds is 3. The minimum Gasteiger partial charge on any atom is -0.467 e. The lowest BCUT2D eigenvalue weighted by molar-refractivity contribution is 0.0949. The van der Waals surface area contributed by atoms with Gasteiger partial charge in [-0.1, -0.05) is 0 Å². The van der Waals surface area contributed by atoms with Crippen molar-refractivity contribution in [2.75, 3.05) is 5.73 Å². The molecule has 0 spiro atoms. The summed E-state index contributed by atoms with van der Waals surface area (Å²) in [5.41, 5.74) is 6.04. The maximum atomic E-state index is 11.7. The van der Waals surface area contributed by atoms with E-state index in [-0.39, 0.29) is 5.91 Å². The molecule has 0 radical (unpaired) electrons. The molecule has 0 saturated carbocycles. The fraction of sp³-hybridized carbons (Fsp3) is 0.200. The lowest BCUT2D eigenvalue weighted by atomic mass is 10.3. The van der Waals surface area contributed by atoms with Crippen LogP contribution in [-0.4, -0.2) is 15.7 Å². The van der Waals surface area contributed by atoms with Crippen molar-refractivity contribution in [3.8, 4) is 0 Å². The van der Waals surface area contributed by atoms with Gasteiger partial charge in [0, 0.05) is 7.05 Å². The van der Waals surface area contributed by atoms with Crippen molar-refractivity contribution in [2.45, 2.75) is 6.54 Å². The van der Waals surface area contributed by atoms with Gasteiger partial charge < -0.3 is 15.5 Å². The van der Waals surface area contributed by atoms with Crippen LogP contribution in [0.15, 0.2) is 29.0 Å². The number of hydrogen-bond donors (Lipinski definition) is 2. The molecule has 2 heterocycles. The SMILES string of the molecule is Cn1ncc(C(=O)NCc2ccco2)c1N. The zero-order chi connectivity index (χ0) is 11.5. The van der Waals surface area contributed by atoms with Crippen molar-refractivity contribution in [1.82, 2.24) is 15.1 Å². The van der Waals surface area contributed by atoms with Crippen molar-refractivity contribution in [2.24, 2.45) is 7.05 Å². The molecule has 3 N–H and O–H groups in total. The van der Waals surface area contributed by atoms with Crippen LogP contribution in [0.3, 0.4) is 0 Å². The van der Waals surface area contributed by atoms with Crippen LogP contribution >= 0.6 is 0 Å². The van der Waals surface area contributed by atoms with Crippen LogP contribution in [0.5, 0.6) is 0 Å². The monoisotopic (exact) mass is 220 g/mol. The van der Waals surface area contributed by atoms with E-state index in [1.54, 1.807) is 25.4 Å². The molecule has 2 aromatic heterocycles. The number of nitrogens with zero attached hydrogens (tertiary/aromatic N) is 2. The largest absolute Gasteiger partial charge is 0.467 e. The van der Waals surface area contributed by atoms with E-state index in [0.29, 0.717) is 23.7 Å². The van der Waals surface area contributed by atoms with Crippen molar-refractivity contribution in [1.29, 1.82) is 0 Å². The standard InChI is InChI=1S/C10H12N4O2/c1-14-9(11)8(6-13-14)10(15)12-5-7-3-2-4-16-7/h2-4,6H,5,11H2,1H3,(H,12,15). The Kier molecular flexibility index (Phi) is 2.63. The molecular formula is C10H12N4O2. The highest BCUT2D eigenvalue weighted by molar-refractivity contribution is 5.98. The third-order valence-electron chi connectivity index (χ3n) is 2.23. The molecular weight excluding hydrogens is 208 g/mol. The van der Waals surface area contributed by atoms with Gasteiger partial charge in [0.15, 0.2) is 0 Å². The molecule has 0 fully saturated rings. The fourth-order valence-electron chi connectivity index (χ4n) is 1.30. The molecule has 0 saturated heterocycles. The molecule has 16 heavy (non-hydrogen) atoms. The van der Waals surface area contributed by atoms with Crippen molar-refractivity contribution in [3.05, 3.63) is 35.9 Å². The minimum atomic E-state index is -0.262. The van der Waals surface area contributed by atoms with E-state index in [4.69, 9.17) is 10.2 Å². The second-order valence-electron chi connectivity index (χ2n) is 3.33. The van der Waals surface area contributed by atoms with Crippen LogP contribution in [0.1, 0.15) is 16.1 Å². The zero-order valence-corrected chi connectivity index (χ0v) is 8.80. The Morgan fingerprint density at radius 1 is 1.69 bits per heavy atom. The number of furan rings is 1. The summed E-state index contributed by atoms with van der Waals surface area (Å²) in [7, 11) is 1.68. The van der Waals surface area contributed by atoms with Gasteiger partial charge in [0.25, 0.3) is 5.91 Å². The molecule has 2 rings (SSSR count). The number of hydrogen-bond acceptors (Lipinski definition) is 4. The number of carbonyl (C=O) groups excluding carboxylic acids is 1. The first kappa shape index (κ1) is 10.3. The quantitative estimate of drug-likeness (QED) is 0.789. The summed E-state index contributed by atoms with van der Waals surface area (Å²) in [6, 6.07) is 3.55. The summed E-state index contributed by atoms with van der Waals surface area (Å²) in [4.78, 5) is 11.7. The van der Waals surface area contributed by atoms with Gasteiger partial charge in [-0.2, -0.15) is 5.10 Å². The van der Waals surface area contributed by atoms with Crippen LogP contribution in [0, 0.1) is 0 Å². The first-order valence-corrected chi connectivity index (χ1v) is 4.76. The number of amides is 1. The molecule has 1 amide bonds. The normalized spacial score (nSPS) is 10.3. The Labute approximate surface area is 92.0 Å². The zero-order valence-electron chi connectivity index (χ0n) is 8.80. The highest BCUT2D eigenvalue weighted by Crippen LogP contribution is 2.09. The van der Waals surface area contributed by atoms with Crippen molar-refractivity contribution < 1.29 is 9.21 Å². The molecule has 6 nitrogen and oxygen atoms in total. The maximum Gasteiger partial charge on any atom is 0.257 e. The molecule has 2 aromatic rings. The molecule has 0 aliphatic rings. The summed E-state index contributed by atoms with van der Waals surface area (Å²) >= 11 is 0. The van der Waals surface area contributed by atoms with E-state index in [1.165, 1.54) is 10.9 Å². The summed E-state index contributed by atoms with van der Waals surface area (Å²) in [5, 5.41) is 6.58. The predicted octanol–water partition coefficient (Wildman–Crippen LogP) is 0.525. The highest BCUT2D eigenvalue weighted by Gasteiger charge is 2.13. The maximum absolute atomic E-state index is 11.7. The predicted molar refractivity (Wildman–Crippen MR) is 57.5 cm³/mol. The Hall–Kier alpha value is -2.24. The topological polar surface area (TPSA) is 86.1 Å². The molecule has 0 aliphatic carbocycles. The molecule has 0 bridgehead atoms. The van der Waals surface area contributed by atoms with Gasteiger partial charge in [-0.25, -0.2) is 0 Å². The third kappa shape index (κ3) is 1.90. The summed E-state index contributed by atoms with van der Waals surface area (Å²) in [6.45, 7) is 0.333. The second-order valence-corrected chi connectivity index (χ2v) is 3.33. The van der Waals surface area contributed by atoms with Crippen LogP contribution in [0.2, 0.25) is 0 Å². The lowest BCUT2D eigenvalue weighted by Gasteiger charge is -2.02. The van der Waals surface area contributed by atoms with E-state index in [9.17, 15) is 4.79 Å². The second kappa shape index (κ2) is 4.09. The van der Waals surface area contributed by atoms with Gasteiger partial charge in [-0.05, 0) is 12.1 Å². The number of carbonyl (C=O) groups is 1. The Balaban J connectivity index is 2.01. The summed E-state index contributed by atoms with van der Waals surface area (Å²) in [5.74, 6) is 0.773. The van der Waals surface area contributed by atoms with Gasteiger partial charge in [0.1, 0.15) is 17.1 Å². The van der Waals surface area contributed by atoms with Gasteiger partial charge in [0.05, 0.1) is 19.0 Å². The van der Waals surface area contributed by atoms with Crippen LogP contribution < -0.4 is 11.1 Å². The molecule has 6 heteroatoms. The molecule has 0 unspecified atom stereocenters. The molecule has 0 aliphatic heterocycles. The van der Waals surface area contributed by atoms with Gasteiger partial charge >= 0.3 is 0 Å². The van der Waals surface area contributed by atoms with Gasteiger partial charge in [0.2, 0.25) is 0 Å². The van der Waals surface area contributed by atoms with Gasteiger partial charge in [-0.15, -0.1) is 0 Å². The third-order valence-corrected chi connectivity index (χ3v) is 2.23. The van der Waals surface area contributed by atoms with E-state index in [2.05, 4.69) is 10.4 Å². The van der Waals surface area contributed by atoms with E-state index >= 15 is 0 Å². The Bertz CT molecular complexity index is 487.